The van der Waals surface area contributed by atoms with Crippen molar-refractivity contribution in [3.05, 3.63) is 65.7 Å². The zero-order chi connectivity index (χ0) is 19.5. The number of ether oxygens (including phenoxy) is 1. The van der Waals surface area contributed by atoms with Gasteiger partial charge in [-0.3, -0.25) is 4.79 Å². The molecule has 0 N–H and O–H groups in total. The van der Waals surface area contributed by atoms with E-state index in [2.05, 4.69) is 26.0 Å². The Balaban J connectivity index is 1.98. The maximum atomic E-state index is 12.7. The van der Waals surface area contributed by atoms with E-state index < -0.39 is 0 Å². The van der Waals surface area contributed by atoms with Crippen LogP contribution in [0.5, 0.6) is 5.75 Å². The summed E-state index contributed by atoms with van der Waals surface area (Å²) in [4.78, 5) is 14.4. The van der Waals surface area contributed by atoms with Gasteiger partial charge in [-0.25, -0.2) is 0 Å². The molecule has 4 nitrogen and oxygen atoms in total. The van der Waals surface area contributed by atoms with Crippen molar-refractivity contribution in [3.63, 3.8) is 0 Å². The SMILES string of the molecule is CCC(C)c1ccccc1OCC(=O)N(CCC#N)CCc1ccccc1. The van der Waals surface area contributed by atoms with Crippen LogP contribution < -0.4 is 4.74 Å². The Morgan fingerprint density at radius 2 is 1.81 bits per heavy atom. The summed E-state index contributed by atoms with van der Waals surface area (Å²) in [5, 5.41) is 8.90. The van der Waals surface area contributed by atoms with Crippen LogP contribution in [0.2, 0.25) is 0 Å². The van der Waals surface area contributed by atoms with Crippen LogP contribution in [0.4, 0.5) is 0 Å². The van der Waals surface area contributed by atoms with Crippen LogP contribution in [0, 0.1) is 11.3 Å². The summed E-state index contributed by atoms with van der Waals surface area (Å²) in [5.74, 6) is 1.06. The van der Waals surface area contributed by atoms with Gasteiger partial charge in [-0.1, -0.05) is 62.4 Å². The summed E-state index contributed by atoms with van der Waals surface area (Å²) in [6.45, 7) is 5.30. The molecule has 0 heterocycles. The minimum absolute atomic E-state index is 0.00628. The van der Waals surface area contributed by atoms with Crippen LogP contribution in [-0.4, -0.2) is 30.5 Å². The molecule has 0 radical (unpaired) electrons. The fourth-order valence-corrected chi connectivity index (χ4v) is 2.92. The molecule has 4 heteroatoms. The van der Waals surface area contributed by atoms with Crippen LogP contribution in [0.1, 0.15) is 43.7 Å². The van der Waals surface area contributed by atoms with Crippen molar-refractivity contribution in [2.45, 2.75) is 39.0 Å². The number of carbonyl (C=O) groups is 1. The van der Waals surface area contributed by atoms with Crippen LogP contribution in [-0.2, 0) is 11.2 Å². The van der Waals surface area contributed by atoms with Crippen molar-refractivity contribution < 1.29 is 9.53 Å². The van der Waals surface area contributed by atoms with Gasteiger partial charge in [0.05, 0.1) is 12.5 Å². The topological polar surface area (TPSA) is 53.3 Å². The number of hydrogen-bond acceptors (Lipinski definition) is 3. The molecule has 0 fully saturated rings. The number of carbonyl (C=O) groups excluding carboxylic acids is 1. The first-order valence-corrected chi connectivity index (χ1v) is 9.56. The lowest BCUT2D eigenvalue weighted by Gasteiger charge is -2.22. The Bertz CT molecular complexity index is 752. The third kappa shape index (κ3) is 6.45. The number of hydrogen-bond donors (Lipinski definition) is 0. The molecule has 0 aliphatic carbocycles. The van der Waals surface area contributed by atoms with Gasteiger partial charge in [0.2, 0.25) is 0 Å². The van der Waals surface area contributed by atoms with E-state index in [0.29, 0.717) is 25.4 Å². The van der Waals surface area contributed by atoms with Gasteiger partial charge in [-0.15, -0.1) is 0 Å². The minimum atomic E-state index is -0.0832. The molecule has 142 valence electrons. The largest absolute Gasteiger partial charge is 0.483 e. The number of amides is 1. The third-order valence-corrected chi connectivity index (χ3v) is 4.77. The van der Waals surface area contributed by atoms with Gasteiger partial charge in [-0.05, 0) is 36.0 Å². The standard InChI is InChI=1S/C23H28N2O2/c1-3-19(2)21-12-7-8-13-22(21)27-18-23(26)25(16-9-15-24)17-14-20-10-5-4-6-11-20/h4-8,10-13,19H,3,9,14,16-18H2,1-2H3. The van der Waals surface area contributed by atoms with Gasteiger partial charge < -0.3 is 9.64 Å². The first-order valence-electron chi connectivity index (χ1n) is 9.56. The summed E-state index contributed by atoms with van der Waals surface area (Å²) in [6, 6.07) is 20.1. The van der Waals surface area contributed by atoms with E-state index in [4.69, 9.17) is 10.00 Å². The molecule has 2 rings (SSSR count). The highest BCUT2D eigenvalue weighted by Crippen LogP contribution is 2.28. The molecular weight excluding hydrogens is 336 g/mol. The molecule has 0 aliphatic heterocycles. The highest BCUT2D eigenvalue weighted by atomic mass is 16.5. The lowest BCUT2D eigenvalue weighted by atomic mass is 9.98. The fourth-order valence-electron chi connectivity index (χ4n) is 2.92. The van der Waals surface area contributed by atoms with E-state index in [9.17, 15) is 4.79 Å². The van der Waals surface area contributed by atoms with Crippen molar-refractivity contribution in [1.82, 2.24) is 4.90 Å². The van der Waals surface area contributed by atoms with E-state index in [-0.39, 0.29) is 12.5 Å². The molecule has 1 unspecified atom stereocenters. The second-order valence-electron chi connectivity index (χ2n) is 6.66. The number of nitriles is 1. The van der Waals surface area contributed by atoms with Crippen molar-refractivity contribution in [1.29, 1.82) is 5.26 Å². The van der Waals surface area contributed by atoms with E-state index in [1.165, 1.54) is 5.56 Å². The van der Waals surface area contributed by atoms with Crippen molar-refractivity contribution in [2.75, 3.05) is 19.7 Å². The molecule has 0 aliphatic rings. The molecule has 0 aromatic heterocycles. The Labute approximate surface area is 162 Å². The smallest absolute Gasteiger partial charge is 0.260 e. The van der Waals surface area contributed by atoms with Crippen LogP contribution >= 0.6 is 0 Å². The van der Waals surface area contributed by atoms with E-state index >= 15 is 0 Å². The quantitative estimate of drug-likeness (QED) is 0.621. The molecule has 0 spiro atoms. The summed E-state index contributed by atoms with van der Waals surface area (Å²) in [6.07, 6.45) is 2.10. The molecule has 2 aromatic rings. The minimum Gasteiger partial charge on any atom is -0.483 e. The average molecular weight is 364 g/mol. The molecule has 0 saturated heterocycles. The molecule has 1 amide bonds. The van der Waals surface area contributed by atoms with Gasteiger partial charge in [0, 0.05) is 13.1 Å². The molecule has 0 saturated carbocycles. The van der Waals surface area contributed by atoms with Gasteiger partial charge in [0.15, 0.2) is 6.61 Å². The number of nitrogens with zero attached hydrogens (tertiary/aromatic N) is 2. The molecule has 0 bridgehead atoms. The average Bonchev–Trinajstić information content (AvgIpc) is 2.72. The summed E-state index contributed by atoms with van der Waals surface area (Å²) in [7, 11) is 0. The van der Waals surface area contributed by atoms with E-state index in [1.807, 2.05) is 48.5 Å². The Kier molecular flexibility index (Phi) is 8.38. The van der Waals surface area contributed by atoms with Crippen LogP contribution in [0.25, 0.3) is 0 Å². The molecular formula is C23H28N2O2. The van der Waals surface area contributed by atoms with E-state index in [1.54, 1.807) is 4.90 Å². The first-order chi connectivity index (χ1) is 13.2. The fraction of sp³-hybridized carbons (Fsp3) is 0.391. The highest BCUT2D eigenvalue weighted by molar-refractivity contribution is 5.77. The van der Waals surface area contributed by atoms with Gasteiger partial charge >= 0.3 is 0 Å². The predicted octanol–water partition coefficient (Wildman–Crippen LogP) is 4.56. The number of para-hydroxylation sites is 1. The molecule has 27 heavy (non-hydrogen) atoms. The lowest BCUT2D eigenvalue weighted by Crippen LogP contribution is -2.37. The number of benzene rings is 2. The summed E-state index contributed by atoms with van der Waals surface area (Å²) >= 11 is 0. The predicted molar refractivity (Wildman–Crippen MR) is 108 cm³/mol. The van der Waals surface area contributed by atoms with E-state index in [0.717, 1.165) is 24.2 Å². The van der Waals surface area contributed by atoms with Crippen molar-refractivity contribution in [2.24, 2.45) is 0 Å². The zero-order valence-electron chi connectivity index (χ0n) is 16.2. The van der Waals surface area contributed by atoms with Gasteiger partial charge in [-0.2, -0.15) is 5.26 Å². The second kappa shape index (κ2) is 11.0. The maximum absolute atomic E-state index is 12.7. The number of rotatable bonds is 10. The van der Waals surface area contributed by atoms with Crippen molar-refractivity contribution in [3.8, 4) is 11.8 Å². The zero-order valence-corrected chi connectivity index (χ0v) is 16.2. The summed E-state index contributed by atoms with van der Waals surface area (Å²) < 4.78 is 5.86. The first kappa shape index (κ1) is 20.5. The van der Waals surface area contributed by atoms with Crippen molar-refractivity contribution >= 4 is 5.91 Å². The Hall–Kier alpha value is -2.80. The third-order valence-electron chi connectivity index (χ3n) is 4.77. The second-order valence-corrected chi connectivity index (χ2v) is 6.66. The monoisotopic (exact) mass is 364 g/mol. The summed E-state index contributed by atoms with van der Waals surface area (Å²) in [5.41, 5.74) is 2.30. The lowest BCUT2D eigenvalue weighted by molar-refractivity contribution is -0.133. The molecule has 2 aromatic carbocycles. The Morgan fingerprint density at radius 1 is 1.11 bits per heavy atom. The van der Waals surface area contributed by atoms with Gasteiger partial charge in [0.1, 0.15) is 5.75 Å². The van der Waals surface area contributed by atoms with Gasteiger partial charge in [0.25, 0.3) is 5.91 Å². The van der Waals surface area contributed by atoms with Crippen LogP contribution in [0.3, 0.4) is 0 Å². The Morgan fingerprint density at radius 3 is 2.52 bits per heavy atom. The normalized spacial score (nSPS) is 11.4. The van der Waals surface area contributed by atoms with Crippen LogP contribution in [0.15, 0.2) is 54.6 Å². The molecule has 1 atom stereocenters. The highest BCUT2D eigenvalue weighted by Gasteiger charge is 2.16. The maximum Gasteiger partial charge on any atom is 0.260 e.